The number of nitrogens with zero attached hydrogens (tertiary/aromatic N) is 3. The molecule has 39 heavy (non-hydrogen) atoms. The van der Waals surface area contributed by atoms with E-state index in [1.165, 1.54) is 0 Å². The molecule has 7 nitrogen and oxygen atoms in total. The Kier molecular flexibility index (Phi) is 8.35. The highest BCUT2D eigenvalue weighted by atomic mass is 16.2. The summed E-state index contributed by atoms with van der Waals surface area (Å²) in [5, 5.41) is 19.0. The molecule has 1 aliphatic rings. The molecule has 0 radical (unpaired) electrons. The SMILES string of the molecule is N#Cc1ccc(N[C@H]2CC[C@H](N(C(=O)NCc3ccccc3)c3ccc(Nc4ccccc4)cc3)CC2)nc1. The molecule has 3 N–H and O–H groups in total. The van der Waals surface area contributed by atoms with Gasteiger partial charge in [-0.25, -0.2) is 9.78 Å². The third kappa shape index (κ3) is 6.93. The van der Waals surface area contributed by atoms with Crippen molar-refractivity contribution in [2.24, 2.45) is 0 Å². The zero-order chi connectivity index (χ0) is 26.9. The van der Waals surface area contributed by atoms with Gasteiger partial charge in [-0.05, 0) is 79.8 Å². The van der Waals surface area contributed by atoms with E-state index in [9.17, 15) is 4.79 Å². The number of pyridine rings is 1. The van der Waals surface area contributed by atoms with Gasteiger partial charge in [0.2, 0.25) is 0 Å². The minimum Gasteiger partial charge on any atom is -0.367 e. The summed E-state index contributed by atoms with van der Waals surface area (Å²) in [6.45, 7) is 0.477. The van der Waals surface area contributed by atoms with Crippen LogP contribution < -0.4 is 20.9 Å². The second-order valence-electron chi connectivity index (χ2n) is 9.75. The van der Waals surface area contributed by atoms with Gasteiger partial charge in [-0.15, -0.1) is 0 Å². The van der Waals surface area contributed by atoms with Crippen LogP contribution in [-0.2, 0) is 6.54 Å². The summed E-state index contributed by atoms with van der Waals surface area (Å²) in [4.78, 5) is 19.8. The van der Waals surface area contributed by atoms with Crippen LogP contribution in [0.1, 0.15) is 36.8 Å². The van der Waals surface area contributed by atoms with Crippen LogP contribution in [0.25, 0.3) is 0 Å². The topological polar surface area (TPSA) is 93.1 Å². The highest BCUT2D eigenvalue weighted by Crippen LogP contribution is 2.30. The van der Waals surface area contributed by atoms with E-state index in [1.807, 2.05) is 95.9 Å². The summed E-state index contributed by atoms with van der Waals surface area (Å²) in [6.07, 6.45) is 5.17. The van der Waals surface area contributed by atoms with Crippen LogP contribution in [0.4, 0.5) is 27.7 Å². The molecule has 1 aromatic heterocycles. The van der Waals surface area contributed by atoms with Crippen LogP contribution in [0.5, 0.6) is 0 Å². The molecule has 2 amide bonds. The molecule has 1 saturated carbocycles. The smallest absolute Gasteiger partial charge is 0.322 e. The lowest BCUT2D eigenvalue weighted by atomic mass is 9.90. The first-order valence-electron chi connectivity index (χ1n) is 13.3. The molecule has 7 heteroatoms. The van der Waals surface area contributed by atoms with E-state index in [1.54, 1.807) is 12.3 Å². The molecule has 3 aromatic carbocycles. The van der Waals surface area contributed by atoms with Gasteiger partial charge in [0.15, 0.2) is 0 Å². The van der Waals surface area contributed by atoms with E-state index < -0.39 is 0 Å². The molecular weight excluding hydrogens is 484 g/mol. The Morgan fingerprint density at radius 2 is 1.51 bits per heavy atom. The normalized spacial score (nSPS) is 16.5. The molecule has 196 valence electrons. The first-order valence-corrected chi connectivity index (χ1v) is 13.3. The van der Waals surface area contributed by atoms with E-state index >= 15 is 0 Å². The van der Waals surface area contributed by atoms with Gasteiger partial charge in [0.25, 0.3) is 0 Å². The molecular formula is C32H32N6O. The average molecular weight is 517 g/mol. The molecule has 0 spiro atoms. The highest BCUT2D eigenvalue weighted by molar-refractivity contribution is 5.93. The van der Waals surface area contributed by atoms with Crippen molar-refractivity contribution >= 4 is 28.9 Å². The minimum atomic E-state index is -0.0900. The molecule has 1 heterocycles. The zero-order valence-corrected chi connectivity index (χ0v) is 21.8. The largest absolute Gasteiger partial charge is 0.367 e. The van der Waals surface area contributed by atoms with Crippen LogP contribution in [0.2, 0.25) is 0 Å². The predicted molar refractivity (Wildman–Crippen MR) is 156 cm³/mol. The van der Waals surface area contributed by atoms with E-state index in [4.69, 9.17) is 5.26 Å². The Hall–Kier alpha value is -4.83. The van der Waals surface area contributed by atoms with Crippen LogP contribution in [0, 0.1) is 11.3 Å². The van der Waals surface area contributed by atoms with Gasteiger partial charge in [0, 0.05) is 41.9 Å². The molecule has 0 unspecified atom stereocenters. The van der Waals surface area contributed by atoms with Crippen LogP contribution in [0.15, 0.2) is 103 Å². The van der Waals surface area contributed by atoms with E-state index in [0.29, 0.717) is 12.1 Å². The summed E-state index contributed by atoms with van der Waals surface area (Å²) in [6, 6.07) is 34.1. The van der Waals surface area contributed by atoms with Crippen LogP contribution in [0.3, 0.4) is 0 Å². The number of para-hydroxylation sites is 1. The maximum absolute atomic E-state index is 13.6. The fourth-order valence-electron chi connectivity index (χ4n) is 4.98. The summed E-state index contributed by atoms with van der Waals surface area (Å²) in [5.74, 6) is 0.774. The fraction of sp³-hybridized carbons (Fsp3) is 0.219. The summed E-state index contributed by atoms with van der Waals surface area (Å²) >= 11 is 0. The molecule has 5 rings (SSSR count). The maximum atomic E-state index is 13.6. The molecule has 0 atom stereocenters. The average Bonchev–Trinajstić information content (AvgIpc) is 2.99. The van der Waals surface area contributed by atoms with E-state index in [2.05, 4.69) is 27.0 Å². The Labute approximate surface area is 229 Å². The minimum absolute atomic E-state index is 0.0840. The van der Waals surface area contributed by atoms with Gasteiger partial charge in [-0.3, -0.25) is 4.90 Å². The lowest BCUT2D eigenvalue weighted by Crippen LogP contribution is -2.48. The molecule has 1 fully saturated rings. The predicted octanol–water partition coefficient (Wildman–Crippen LogP) is 6.84. The number of urea groups is 1. The summed E-state index contributed by atoms with van der Waals surface area (Å²) < 4.78 is 0. The zero-order valence-electron chi connectivity index (χ0n) is 21.8. The molecule has 0 bridgehead atoms. The third-order valence-electron chi connectivity index (χ3n) is 7.02. The Morgan fingerprint density at radius 3 is 2.15 bits per heavy atom. The number of anilines is 4. The first kappa shape index (κ1) is 25.8. The number of hydrogen-bond donors (Lipinski definition) is 3. The second-order valence-corrected chi connectivity index (χ2v) is 9.75. The van der Waals surface area contributed by atoms with Crippen LogP contribution >= 0.6 is 0 Å². The van der Waals surface area contributed by atoms with Crippen molar-refractivity contribution in [3.8, 4) is 6.07 Å². The number of aromatic nitrogens is 1. The van der Waals surface area contributed by atoms with Crippen molar-refractivity contribution in [1.29, 1.82) is 5.26 Å². The summed E-state index contributed by atoms with van der Waals surface area (Å²) in [7, 11) is 0. The summed E-state index contributed by atoms with van der Waals surface area (Å²) in [5.41, 5.74) is 4.48. The van der Waals surface area contributed by atoms with E-state index in [0.717, 1.165) is 54.1 Å². The van der Waals surface area contributed by atoms with E-state index in [-0.39, 0.29) is 18.1 Å². The molecule has 0 aliphatic heterocycles. The fourth-order valence-corrected chi connectivity index (χ4v) is 4.98. The third-order valence-corrected chi connectivity index (χ3v) is 7.02. The quantitative estimate of drug-likeness (QED) is 0.238. The Morgan fingerprint density at radius 1 is 0.846 bits per heavy atom. The van der Waals surface area contributed by atoms with Crippen molar-refractivity contribution in [2.45, 2.75) is 44.3 Å². The number of nitrogens with one attached hydrogen (secondary N) is 3. The number of carbonyl (C=O) groups is 1. The van der Waals surface area contributed by atoms with Crippen molar-refractivity contribution in [2.75, 3.05) is 15.5 Å². The van der Waals surface area contributed by atoms with Gasteiger partial charge in [-0.2, -0.15) is 5.26 Å². The number of nitriles is 1. The van der Waals surface area contributed by atoms with Gasteiger partial charge >= 0.3 is 6.03 Å². The standard InChI is InChI=1S/C32H32N6O/c33-21-25-11-20-31(34-23-25)37-28-14-18-30(19-15-28)38(32(39)35-22-24-7-3-1-4-8-24)29-16-12-27(13-17-29)36-26-9-5-2-6-10-26/h1-13,16-17,20,23,28,30,36H,14-15,18-19,22H2,(H,34,37)(H,35,39)/t28-,30-. The van der Waals surface area contributed by atoms with Crippen molar-refractivity contribution in [3.05, 3.63) is 114 Å². The Bertz CT molecular complexity index is 1380. The van der Waals surface area contributed by atoms with Gasteiger partial charge in [0.05, 0.1) is 5.56 Å². The molecule has 1 aliphatic carbocycles. The van der Waals surface area contributed by atoms with Crippen molar-refractivity contribution < 1.29 is 4.79 Å². The van der Waals surface area contributed by atoms with Crippen molar-refractivity contribution in [1.82, 2.24) is 10.3 Å². The molecule has 0 saturated heterocycles. The monoisotopic (exact) mass is 516 g/mol. The van der Waals surface area contributed by atoms with Gasteiger partial charge in [-0.1, -0.05) is 48.5 Å². The first-order chi connectivity index (χ1) is 19.2. The number of benzene rings is 3. The number of hydrogen-bond acceptors (Lipinski definition) is 5. The number of carbonyl (C=O) groups excluding carboxylic acids is 1. The lowest BCUT2D eigenvalue weighted by Gasteiger charge is -2.37. The number of amides is 2. The van der Waals surface area contributed by atoms with Crippen molar-refractivity contribution in [3.63, 3.8) is 0 Å². The highest BCUT2D eigenvalue weighted by Gasteiger charge is 2.30. The molecule has 4 aromatic rings. The van der Waals surface area contributed by atoms with Gasteiger partial charge < -0.3 is 16.0 Å². The second kappa shape index (κ2) is 12.6. The van der Waals surface area contributed by atoms with Gasteiger partial charge in [0.1, 0.15) is 11.9 Å². The number of rotatable bonds is 8. The Balaban J connectivity index is 1.27. The van der Waals surface area contributed by atoms with Crippen LogP contribution in [-0.4, -0.2) is 23.1 Å². The lowest BCUT2D eigenvalue weighted by molar-refractivity contribution is 0.240. The maximum Gasteiger partial charge on any atom is 0.322 e.